The van der Waals surface area contributed by atoms with Crippen LogP contribution < -0.4 is 10.5 Å². The molecule has 6 nitrogen and oxygen atoms in total. The molecule has 0 saturated heterocycles. The van der Waals surface area contributed by atoms with Gasteiger partial charge in [-0.2, -0.15) is 0 Å². The van der Waals surface area contributed by atoms with E-state index < -0.39 is 21.8 Å². The first-order valence-electron chi connectivity index (χ1n) is 3.93. The van der Waals surface area contributed by atoms with Gasteiger partial charge in [-0.3, -0.25) is 9.59 Å². The van der Waals surface area contributed by atoms with Crippen LogP contribution in [0.25, 0.3) is 0 Å². The van der Waals surface area contributed by atoms with Crippen molar-refractivity contribution in [1.29, 1.82) is 0 Å². The van der Waals surface area contributed by atoms with Crippen molar-refractivity contribution in [1.82, 2.24) is 4.72 Å². The van der Waals surface area contributed by atoms with E-state index in [1.54, 1.807) is 4.72 Å². The number of fused-ring (bicyclic) bond motifs is 1. The van der Waals surface area contributed by atoms with Crippen molar-refractivity contribution in [2.24, 2.45) is 5.73 Å². The van der Waals surface area contributed by atoms with E-state index in [-0.39, 0.29) is 16.0 Å². The summed E-state index contributed by atoms with van der Waals surface area (Å²) in [6.45, 7) is 0. The van der Waals surface area contributed by atoms with Crippen molar-refractivity contribution in [3.05, 3.63) is 29.3 Å². The molecule has 15 heavy (non-hydrogen) atoms. The van der Waals surface area contributed by atoms with Crippen molar-refractivity contribution in [2.45, 2.75) is 4.90 Å². The Labute approximate surface area is 85.1 Å². The number of carbonyl (C=O) groups is 2. The second-order valence-corrected chi connectivity index (χ2v) is 4.66. The largest absolute Gasteiger partial charge is 0.366 e. The van der Waals surface area contributed by atoms with E-state index in [9.17, 15) is 18.0 Å². The lowest BCUT2D eigenvalue weighted by molar-refractivity contribution is 0.0985. The number of carbonyl (C=O) groups excluding carboxylic acids is 2. The quantitative estimate of drug-likeness (QED) is 0.654. The number of amides is 2. The van der Waals surface area contributed by atoms with Gasteiger partial charge in [-0.15, -0.1) is 0 Å². The normalized spacial score (nSPS) is 16.9. The predicted molar refractivity (Wildman–Crippen MR) is 49.6 cm³/mol. The monoisotopic (exact) mass is 226 g/mol. The van der Waals surface area contributed by atoms with Crippen molar-refractivity contribution >= 4 is 21.8 Å². The zero-order valence-corrected chi connectivity index (χ0v) is 8.17. The summed E-state index contributed by atoms with van der Waals surface area (Å²) < 4.78 is 24.4. The van der Waals surface area contributed by atoms with Crippen LogP contribution in [0.3, 0.4) is 0 Å². The van der Waals surface area contributed by atoms with Gasteiger partial charge >= 0.3 is 0 Å². The summed E-state index contributed by atoms with van der Waals surface area (Å²) in [7, 11) is -3.75. The van der Waals surface area contributed by atoms with Crippen LogP contribution in [0.15, 0.2) is 23.1 Å². The van der Waals surface area contributed by atoms with Crippen LogP contribution in [-0.2, 0) is 10.0 Å². The minimum atomic E-state index is -3.75. The van der Waals surface area contributed by atoms with Crippen LogP contribution in [0.5, 0.6) is 0 Å². The molecule has 0 saturated carbocycles. The molecule has 0 aromatic heterocycles. The van der Waals surface area contributed by atoms with E-state index in [1.807, 2.05) is 0 Å². The Balaban J connectivity index is 2.71. The van der Waals surface area contributed by atoms with Crippen LogP contribution in [0.4, 0.5) is 0 Å². The van der Waals surface area contributed by atoms with Crippen LogP contribution in [0.2, 0.25) is 0 Å². The smallest absolute Gasteiger partial charge is 0.266 e. The van der Waals surface area contributed by atoms with Crippen molar-refractivity contribution in [3.63, 3.8) is 0 Å². The van der Waals surface area contributed by atoms with E-state index >= 15 is 0 Å². The van der Waals surface area contributed by atoms with E-state index in [0.717, 1.165) is 6.07 Å². The highest BCUT2D eigenvalue weighted by Gasteiger charge is 2.32. The second kappa shape index (κ2) is 2.80. The topological polar surface area (TPSA) is 106 Å². The molecule has 2 rings (SSSR count). The number of primary amides is 1. The first-order valence-corrected chi connectivity index (χ1v) is 5.41. The number of nitrogens with one attached hydrogen (secondary N) is 1. The van der Waals surface area contributed by atoms with Gasteiger partial charge in [0, 0.05) is 5.56 Å². The SMILES string of the molecule is NC(=O)c1ccc2c(c1)C(=O)NS2(=O)=O. The minimum Gasteiger partial charge on any atom is -0.366 e. The number of hydrogen-bond acceptors (Lipinski definition) is 4. The molecule has 1 aromatic carbocycles. The summed E-state index contributed by atoms with van der Waals surface area (Å²) in [4.78, 5) is 21.9. The molecule has 0 atom stereocenters. The standard InChI is InChI=1S/C8H6N2O4S/c9-7(11)4-1-2-6-5(3-4)8(12)10-15(6,13)14/h1-3H,(H2,9,11)(H,10,12). The highest BCUT2D eigenvalue weighted by atomic mass is 32.2. The zero-order valence-electron chi connectivity index (χ0n) is 7.35. The maximum atomic E-state index is 11.3. The van der Waals surface area contributed by atoms with E-state index in [0.29, 0.717) is 0 Å². The average molecular weight is 226 g/mol. The van der Waals surface area contributed by atoms with Gasteiger partial charge in [-0.1, -0.05) is 0 Å². The maximum absolute atomic E-state index is 11.3. The van der Waals surface area contributed by atoms with Crippen molar-refractivity contribution in [2.75, 3.05) is 0 Å². The zero-order chi connectivity index (χ0) is 11.2. The van der Waals surface area contributed by atoms with Crippen molar-refractivity contribution in [3.8, 4) is 0 Å². The van der Waals surface area contributed by atoms with Crippen LogP contribution in [0.1, 0.15) is 20.7 Å². The van der Waals surface area contributed by atoms with Gasteiger partial charge in [0.05, 0.1) is 5.56 Å². The fourth-order valence-electron chi connectivity index (χ4n) is 1.33. The number of rotatable bonds is 1. The number of sulfonamides is 1. The Bertz CT molecular complexity index is 576. The van der Waals surface area contributed by atoms with Gasteiger partial charge in [-0.25, -0.2) is 13.1 Å². The molecule has 0 aliphatic carbocycles. The first-order chi connectivity index (χ1) is 6.92. The Hall–Kier alpha value is -1.89. The molecule has 7 heteroatoms. The van der Waals surface area contributed by atoms with Gasteiger partial charge in [-0.05, 0) is 18.2 Å². The fourth-order valence-corrected chi connectivity index (χ4v) is 2.48. The summed E-state index contributed by atoms with van der Waals surface area (Å²) in [5, 5.41) is 0. The highest BCUT2D eigenvalue weighted by Crippen LogP contribution is 2.22. The van der Waals surface area contributed by atoms with Gasteiger partial charge in [0.25, 0.3) is 15.9 Å². The molecule has 0 fully saturated rings. The summed E-state index contributed by atoms with van der Waals surface area (Å²) in [6.07, 6.45) is 0. The van der Waals surface area contributed by atoms with Gasteiger partial charge in [0.2, 0.25) is 5.91 Å². The molecule has 78 valence electrons. The van der Waals surface area contributed by atoms with E-state index in [2.05, 4.69) is 0 Å². The number of hydrogen-bond donors (Lipinski definition) is 2. The summed E-state index contributed by atoms with van der Waals surface area (Å²) in [6, 6.07) is 3.61. The molecule has 1 aromatic rings. The number of benzene rings is 1. The lowest BCUT2D eigenvalue weighted by Gasteiger charge is -1.97. The molecular formula is C8H6N2O4S. The minimum absolute atomic E-state index is 0.0497. The lowest BCUT2D eigenvalue weighted by Crippen LogP contribution is -2.20. The molecule has 0 bridgehead atoms. The molecule has 3 N–H and O–H groups in total. The van der Waals surface area contributed by atoms with Gasteiger partial charge in [0.15, 0.2) is 0 Å². The maximum Gasteiger partial charge on any atom is 0.266 e. The second-order valence-electron chi connectivity index (χ2n) is 3.01. The third kappa shape index (κ3) is 1.37. The highest BCUT2D eigenvalue weighted by molar-refractivity contribution is 7.90. The van der Waals surface area contributed by atoms with Gasteiger partial charge < -0.3 is 5.73 Å². The Morgan fingerprint density at radius 3 is 2.60 bits per heavy atom. The Morgan fingerprint density at radius 2 is 2.00 bits per heavy atom. The molecule has 0 spiro atoms. The lowest BCUT2D eigenvalue weighted by atomic mass is 10.1. The van der Waals surface area contributed by atoms with Crippen LogP contribution >= 0.6 is 0 Å². The molecule has 0 unspecified atom stereocenters. The molecular weight excluding hydrogens is 220 g/mol. The number of nitrogens with two attached hydrogens (primary N) is 1. The van der Waals surface area contributed by atoms with Crippen LogP contribution in [0, 0.1) is 0 Å². The van der Waals surface area contributed by atoms with Crippen LogP contribution in [-0.4, -0.2) is 20.2 Å². The molecule has 1 aliphatic heterocycles. The summed E-state index contributed by atoms with van der Waals surface area (Å²) in [5.41, 5.74) is 5.05. The Morgan fingerprint density at radius 1 is 1.33 bits per heavy atom. The average Bonchev–Trinajstić information content (AvgIpc) is 2.37. The molecule has 2 amide bonds. The molecule has 1 heterocycles. The molecule has 0 radical (unpaired) electrons. The molecule has 1 aliphatic rings. The predicted octanol–water partition coefficient (Wildman–Crippen LogP) is -0.782. The summed E-state index contributed by atoms with van der Waals surface area (Å²) in [5.74, 6) is -1.46. The van der Waals surface area contributed by atoms with E-state index in [4.69, 9.17) is 5.73 Å². The van der Waals surface area contributed by atoms with E-state index in [1.165, 1.54) is 12.1 Å². The third-order valence-corrected chi connectivity index (χ3v) is 3.41. The summed E-state index contributed by atoms with van der Waals surface area (Å²) >= 11 is 0. The fraction of sp³-hybridized carbons (Fsp3) is 0. The first kappa shape index (κ1) is 9.66. The van der Waals surface area contributed by atoms with Crippen molar-refractivity contribution < 1.29 is 18.0 Å². The third-order valence-electron chi connectivity index (χ3n) is 2.03. The Kier molecular flexibility index (Phi) is 1.80. The van der Waals surface area contributed by atoms with Gasteiger partial charge in [0.1, 0.15) is 4.90 Å².